The smallest absolute Gasteiger partial charge is 0.221 e. The van der Waals surface area contributed by atoms with Crippen LogP contribution in [0.5, 0.6) is 11.5 Å². The van der Waals surface area contributed by atoms with Crippen LogP contribution in [0.3, 0.4) is 0 Å². The Kier molecular flexibility index (Phi) is 8.30. The molecule has 0 fully saturated rings. The van der Waals surface area contributed by atoms with Gasteiger partial charge in [-0.25, -0.2) is 8.42 Å². The normalized spacial score (nSPS) is 13.0. The molecule has 0 radical (unpaired) electrons. The van der Waals surface area contributed by atoms with Gasteiger partial charge < -0.3 is 20.1 Å². The molecule has 24 heavy (non-hydrogen) atoms. The van der Waals surface area contributed by atoms with E-state index in [4.69, 9.17) is 9.47 Å². The molecule has 7 nitrogen and oxygen atoms in total. The van der Waals surface area contributed by atoms with E-state index >= 15 is 0 Å². The summed E-state index contributed by atoms with van der Waals surface area (Å²) in [5, 5.41) is 5.68. The van der Waals surface area contributed by atoms with Crippen LogP contribution in [0.4, 0.5) is 0 Å². The zero-order valence-electron chi connectivity index (χ0n) is 13.5. The third kappa shape index (κ3) is 5.85. The van der Waals surface area contributed by atoms with Crippen molar-refractivity contribution in [3.8, 4) is 11.5 Å². The van der Waals surface area contributed by atoms with Gasteiger partial charge in [-0.1, -0.05) is 0 Å². The van der Waals surface area contributed by atoms with E-state index in [0.717, 1.165) is 13.0 Å². The van der Waals surface area contributed by atoms with Crippen molar-refractivity contribution in [2.24, 2.45) is 0 Å². The number of amides is 1. The van der Waals surface area contributed by atoms with E-state index in [2.05, 4.69) is 10.6 Å². The Morgan fingerprint density at radius 2 is 1.88 bits per heavy atom. The SMILES string of the molecule is CNCCCNC(=O)CCS(=O)(=O)c1ccc2c(c1)OCCO2.Cl. The van der Waals surface area contributed by atoms with Crippen LogP contribution in [-0.2, 0) is 14.6 Å². The molecule has 0 saturated carbocycles. The van der Waals surface area contributed by atoms with Crippen LogP contribution in [-0.4, -0.2) is 53.4 Å². The van der Waals surface area contributed by atoms with Crippen LogP contribution >= 0.6 is 12.4 Å². The average molecular weight is 379 g/mol. The summed E-state index contributed by atoms with van der Waals surface area (Å²) < 4.78 is 35.4. The Morgan fingerprint density at radius 3 is 2.58 bits per heavy atom. The number of rotatable bonds is 8. The fraction of sp³-hybridized carbons (Fsp3) is 0.533. The molecule has 1 heterocycles. The molecule has 1 aliphatic rings. The van der Waals surface area contributed by atoms with Crippen molar-refractivity contribution >= 4 is 28.2 Å². The topological polar surface area (TPSA) is 93.7 Å². The lowest BCUT2D eigenvalue weighted by molar-refractivity contribution is -0.120. The van der Waals surface area contributed by atoms with E-state index in [1.807, 2.05) is 7.05 Å². The highest BCUT2D eigenvalue weighted by Crippen LogP contribution is 2.32. The van der Waals surface area contributed by atoms with Crippen LogP contribution in [0.25, 0.3) is 0 Å². The zero-order chi connectivity index (χ0) is 16.7. The van der Waals surface area contributed by atoms with Crippen molar-refractivity contribution in [3.63, 3.8) is 0 Å². The van der Waals surface area contributed by atoms with Crippen molar-refractivity contribution in [3.05, 3.63) is 18.2 Å². The van der Waals surface area contributed by atoms with Gasteiger partial charge in [0, 0.05) is 19.0 Å². The summed E-state index contributed by atoms with van der Waals surface area (Å²) >= 11 is 0. The van der Waals surface area contributed by atoms with Crippen LogP contribution < -0.4 is 20.1 Å². The molecule has 0 atom stereocenters. The van der Waals surface area contributed by atoms with Gasteiger partial charge in [0.1, 0.15) is 13.2 Å². The second kappa shape index (κ2) is 9.71. The van der Waals surface area contributed by atoms with E-state index in [0.29, 0.717) is 31.3 Å². The Bertz CT molecular complexity index is 651. The maximum Gasteiger partial charge on any atom is 0.221 e. The van der Waals surface area contributed by atoms with E-state index in [9.17, 15) is 13.2 Å². The minimum absolute atomic E-state index is 0. The average Bonchev–Trinajstić information content (AvgIpc) is 2.56. The molecule has 1 aliphatic heterocycles. The summed E-state index contributed by atoms with van der Waals surface area (Å²) in [6.07, 6.45) is 0.744. The highest BCUT2D eigenvalue weighted by Gasteiger charge is 2.20. The third-order valence-electron chi connectivity index (χ3n) is 3.40. The Labute approximate surface area is 148 Å². The molecule has 0 aromatic heterocycles. The lowest BCUT2D eigenvalue weighted by Gasteiger charge is -2.18. The molecule has 136 valence electrons. The molecule has 0 spiro atoms. The van der Waals surface area contributed by atoms with Crippen LogP contribution in [0.1, 0.15) is 12.8 Å². The number of hydrogen-bond acceptors (Lipinski definition) is 6. The third-order valence-corrected chi connectivity index (χ3v) is 5.11. The predicted molar refractivity (Wildman–Crippen MR) is 92.9 cm³/mol. The molecular formula is C15H23ClN2O5S. The summed E-state index contributed by atoms with van der Waals surface area (Å²) in [6.45, 7) is 2.18. The number of carbonyl (C=O) groups is 1. The zero-order valence-corrected chi connectivity index (χ0v) is 15.2. The molecular weight excluding hydrogens is 356 g/mol. The van der Waals surface area contributed by atoms with Gasteiger partial charge in [-0.15, -0.1) is 12.4 Å². The first kappa shape index (κ1) is 20.5. The van der Waals surface area contributed by atoms with Crippen LogP contribution in [0.2, 0.25) is 0 Å². The summed E-state index contributed by atoms with van der Waals surface area (Å²) in [4.78, 5) is 11.8. The fourth-order valence-corrected chi connectivity index (χ4v) is 3.40. The van der Waals surface area contributed by atoms with E-state index in [1.165, 1.54) is 12.1 Å². The summed E-state index contributed by atoms with van der Waals surface area (Å²) in [7, 11) is -1.70. The van der Waals surface area contributed by atoms with Crippen molar-refractivity contribution in [1.29, 1.82) is 0 Å². The number of benzene rings is 1. The molecule has 0 bridgehead atoms. The van der Waals surface area contributed by atoms with Crippen molar-refractivity contribution in [2.45, 2.75) is 17.7 Å². The van der Waals surface area contributed by atoms with E-state index in [-0.39, 0.29) is 35.4 Å². The molecule has 1 aromatic rings. The lowest BCUT2D eigenvalue weighted by atomic mass is 10.3. The number of ether oxygens (including phenoxy) is 2. The Hall–Kier alpha value is -1.51. The number of sulfone groups is 1. The lowest BCUT2D eigenvalue weighted by Crippen LogP contribution is -2.28. The minimum atomic E-state index is -3.53. The van der Waals surface area contributed by atoms with E-state index < -0.39 is 9.84 Å². The van der Waals surface area contributed by atoms with Gasteiger partial charge in [0.25, 0.3) is 0 Å². The summed E-state index contributed by atoms with van der Waals surface area (Å²) in [6, 6.07) is 4.52. The second-order valence-electron chi connectivity index (χ2n) is 5.18. The molecule has 9 heteroatoms. The monoisotopic (exact) mass is 378 g/mol. The molecule has 2 rings (SSSR count). The number of carbonyl (C=O) groups excluding carboxylic acids is 1. The maximum absolute atomic E-state index is 12.3. The van der Waals surface area contributed by atoms with Crippen LogP contribution in [0, 0.1) is 0 Å². The standard InChI is InChI=1S/C15H22N2O5S.ClH/c1-16-6-2-7-17-15(18)5-10-23(19,20)12-3-4-13-14(11-12)22-9-8-21-13;/h3-4,11,16H,2,5-10H2,1H3,(H,17,18);1H. The Balaban J connectivity index is 0.00000288. The van der Waals surface area contributed by atoms with Crippen molar-refractivity contribution < 1.29 is 22.7 Å². The molecule has 1 amide bonds. The first-order valence-corrected chi connectivity index (χ1v) is 9.22. The van der Waals surface area contributed by atoms with Crippen molar-refractivity contribution in [2.75, 3.05) is 39.1 Å². The van der Waals surface area contributed by atoms with Gasteiger partial charge in [0.05, 0.1) is 10.6 Å². The molecule has 2 N–H and O–H groups in total. The fourth-order valence-electron chi connectivity index (χ4n) is 2.14. The van der Waals surface area contributed by atoms with Gasteiger partial charge >= 0.3 is 0 Å². The van der Waals surface area contributed by atoms with Gasteiger partial charge in [0.2, 0.25) is 5.91 Å². The molecule has 0 aliphatic carbocycles. The first-order valence-electron chi connectivity index (χ1n) is 7.56. The van der Waals surface area contributed by atoms with Crippen molar-refractivity contribution in [1.82, 2.24) is 10.6 Å². The summed E-state index contributed by atoms with van der Waals surface area (Å²) in [5.41, 5.74) is 0. The van der Waals surface area contributed by atoms with Gasteiger partial charge in [-0.2, -0.15) is 0 Å². The van der Waals surface area contributed by atoms with Gasteiger partial charge in [0.15, 0.2) is 21.3 Å². The number of nitrogens with one attached hydrogen (secondary N) is 2. The van der Waals surface area contributed by atoms with Gasteiger partial charge in [-0.05, 0) is 32.1 Å². The molecule has 0 saturated heterocycles. The molecule has 0 unspecified atom stereocenters. The van der Waals surface area contributed by atoms with E-state index in [1.54, 1.807) is 6.07 Å². The predicted octanol–water partition coefficient (Wildman–Crippen LogP) is 0.769. The van der Waals surface area contributed by atoms with Crippen LogP contribution in [0.15, 0.2) is 23.1 Å². The number of hydrogen-bond donors (Lipinski definition) is 2. The quantitative estimate of drug-likeness (QED) is 0.649. The largest absolute Gasteiger partial charge is 0.486 e. The summed E-state index contributed by atoms with van der Waals surface area (Å²) in [5.74, 6) is 0.471. The first-order chi connectivity index (χ1) is 11.0. The number of fused-ring (bicyclic) bond motifs is 1. The molecule has 1 aromatic carbocycles. The Morgan fingerprint density at radius 1 is 1.17 bits per heavy atom. The number of halogens is 1. The minimum Gasteiger partial charge on any atom is -0.486 e. The van der Waals surface area contributed by atoms with Gasteiger partial charge in [-0.3, -0.25) is 4.79 Å². The highest BCUT2D eigenvalue weighted by atomic mass is 35.5. The maximum atomic E-state index is 12.3. The second-order valence-corrected chi connectivity index (χ2v) is 7.29. The highest BCUT2D eigenvalue weighted by molar-refractivity contribution is 7.91.